The van der Waals surface area contributed by atoms with E-state index in [-0.39, 0.29) is 28.0 Å². The van der Waals surface area contributed by atoms with Crippen LogP contribution in [0.3, 0.4) is 0 Å². The highest BCUT2D eigenvalue weighted by molar-refractivity contribution is 6.18. The lowest BCUT2D eigenvalue weighted by atomic mass is 9.98. The number of phenols is 1. The van der Waals surface area contributed by atoms with Crippen molar-refractivity contribution < 1.29 is 14.3 Å². The van der Waals surface area contributed by atoms with Crippen molar-refractivity contribution in [1.29, 1.82) is 0 Å². The Morgan fingerprint density at radius 2 is 1.88 bits per heavy atom. The number of benzene rings is 1. The number of aromatic nitrogens is 2. The zero-order valence-corrected chi connectivity index (χ0v) is 13.3. The van der Waals surface area contributed by atoms with Crippen molar-refractivity contribution in [3.05, 3.63) is 67.2 Å². The molecule has 1 aromatic heterocycles. The Balaban J connectivity index is 2.23. The molecule has 1 aliphatic rings. The molecule has 0 bridgehead atoms. The number of fused-ring (bicyclic) bond motifs is 1. The van der Waals surface area contributed by atoms with Crippen LogP contribution in [0, 0.1) is 5.82 Å². The Morgan fingerprint density at radius 1 is 1.21 bits per heavy atom. The molecule has 1 aromatic carbocycles. The highest BCUT2D eigenvalue weighted by Gasteiger charge is 2.36. The van der Waals surface area contributed by atoms with E-state index in [0.717, 1.165) is 16.7 Å². The Morgan fingerprint density at radius 3 is 2.50 bits per heavy atom. The molecule has 24 heavy (non-hydrogen) atoms. The van der Waals surface area contributed by atoms with Crippen LogP contribution < -0.4 is 11.2 Å². The van der Waals surface area contributed by atoms with Gasteiger partial charge in [-0.3, -0.25) is 14.2 Å². The van der Waals surface area contributed by atoms with Gasteiger partial charge >= 0.3 is 5.69 Å². The van der Waals surface area contributed by atoms with E-state index in [1.165, 1.54) is 30.9 Å². The smallest absolute Gasteiger partial charge is 0.330 e. The Bertz CT molecular complexity index is 1030. The lowest BCUT2D eigenvalue weighted by Gasteiger charge is -2.08. The van der Waals surface area contributed by atoms with E-state index in [1.807, 2.05) is 0 Å². The number of aromatic hydroxyl groups is 1. The molecule has 1 N–H and O–H groups in total. The van der Waals surface area contributed by atoms with Gasteiger partial charge in [0.25, 0.3) is 5.56 Å². The Labute approximate surface area is 136 Å². The molecule has 124 valence electrons. The van der Waals surface area contributed by atoms with Gasteiger partial charge in [0.05, 0.1) is 11.1 Å². The second-order valence-corrected chi connectivity index (χ2v) is 5.85. The molecule has 0 spiro atoms. The minimum Gasteiger partial charge on any atom is -0.507 e. The monoisotopic (exact) mass is 330 g/mol. The molecule has 2 aromatic rings. The fourth-order valence-electron chi connectivity index (χ4n) is 3.03. The highest BCUT2D eigenvalue weighted by atomic mass is 19.1. The number of hydrogen-bond donors (Lipinski definition) is 1. The van der Waals surface area contributed by atoms with Gasteiger partial charge in [-0.2, -0.15) is 0 Å². The average Bonchev–Trinajstić information content (AvgIpc) is 2.79. The predicted octanol–water partition coefficient (Wildman–Crippen LogP) is 1.31. The first-order chi connectivity index (χ1) is 11.2. The number of hydrogen-bond acceptors (Lipinski definition) is 4. The molecule has 0 amide bonds. The first-order valence-electron chi connectivity index (χ1n) is 7.28. The summed E-state index contributed by atoms with van der Waals surface area (Å²) in [5.74, 6) is -2.01. The van der Waals surface area contributed by atoms with E-state index in [0.29, 0.717) is 0 Å². The summed E-state index contributed by atoms with van der Waals surface area (Å²) in [5, 5.41) is 9.88. The van der Waals surface area contributed by atoms with Crippen LogP contribution in [0.1, 0.15) is 34.3 Å². The van der Waals surface area contributed by atoms with Gasteiger partial charge in [-0.1, -0.05) is 6.92 Å². The van der Waals surface area contributed by atoms with Gasteiger partial charge in [0.1, 0.15) is 11.6 Å². The van der Waals surface area contributed by atoms with Crippen molar-refractivity contribution in [2.24, 2.45) is 14.1 Å². The standard InChI is InChI=1S/C17H15FN2O4/c1-8-10(6-9-7-19(2)17(24)20(3)16(9)23)15(22)14-12(21)5-4-11(18)13(8)14/h4-8,21H,1-3H3/b10-6-/t8-/m0/s1. The van der Waals surface area contributed by atoms with Crippen LogP contribution in [-0.4, -0.2) is 20.0 Å². The van der Waals surface area contributed by atoms with Crippen LogP contribution in [0.5, 0.6) is 5.75 Å². The number of carbonyl (C=O) groups is 1. The number of phenolic OH excluding ortho intramolecular Hbond substituents is 1. The molecule has 1 heterocycles. The summed E-state index contributed by atoms with van der Waals surface area (Å²) in [4.78, 5) is 36.5. The van der Waals surface area contributed by atoms with Crippen molar-refractivity contribution in [3.8, 4) is 5.75 Å². The van der Waals surface area contributed by atoms with Crippen LogP contribution in [0.25, 0.3) is 6.08 Å². The van der Waals surface area contributed by atoms with Crippen LogP contribution in [0.4, 0.5) is 4.39 Å². The average molecular weight is 330 g/mol. The minimum atomic E-state index is -0.610. The van der Waals surface area contributed by atoms with Crippen molar-refractivity contribution >= 4 is 11.9 Å². The number of carbonyl (C=O) groups excluding carboxylic acids is 1. The third-order valence-electron chi connectivity index (χ3n) is 4.34. The van der Waals surface area contributed by atoms with E-state index < -0.39 is 28.8 Å². The molecule has 0 aliphatic heterocycles. The van der Waals surface area contributed by atoms with Crippen molar-refractivity contribution in [2.45, 2.75) is 12.8 Å². The summed E-state index contributed by atoms with van der Waals surface area (Å²) >= 11 is 0. The lowest BCUT2D eigenvalue weighted by molar-refractivity contribution is 0.103. The second kappa shape index (κ2) is 5.30. The summed E-state index contributed by atoms with van der Waals surface area (Å²) < 4.78 is 16.2. The lowest BCUT2D eigenvalue weighted by Crippen LogP contribution is -2.37. The van der Waals surface area contributed by atoms with Crippen molar-refractivity contribution in [1.82, 2.24) is 9.13 Å². The molecule has 0 unspecified atom stereocenters. The van der Waals surface area contributed by atoms with Gasteiger partial charge in [0.15, 0.2) is 5.78 Å². The third-order valence-corrected chi connectivity index (χ3v) is 4.34. The fourth-order valence-corrected chi connectivity index (χ4v) is 3.03. The number of aryl methyl sites for hydroxylation is 1. The van der Waals surface area contributed by atoms with Gasteiger partial charge in [0.2, 0.25) is 0 Å². The van der Waals surface area contributed by atoms with E-state index >= 15 is 0 Å². The van der Waals surface area contributed by atoms with E-state index in [4.69, 9.17) is 0 Å². The Hall–Kier alpha value is -2.96. The molecule has 1 aliphatic carbocycles. The van der Waals surface area contributed by atoms with Gasteiger partial charge in [-0.15, -0.1) is 0 Å². The number of ketones is 1. The third kappa shape index (κ3) is 2.12. The van der Waals surface area contributed by atoms with Gasteiger partial charge in [-0.25, -0.2) is 9.18 Å². The quantitative estimate of drug-likeness (QED) is 0.800. The summed E-state index contributed by atoms with van der Waals surface area (Å²) in [6, 6.07) is 2.24. The van der Waals surface area contributed by atoms with Crippen LogP contribution in [0.15, 0.2) is 33.5 Å². The molecule has 0 saturated heterocycles. The molecule has 6 nitrogen and oxygen atoms in total. The number of nitrogens with zero attached hydrogens (tertiary/aromatic N) is 2. The maximum Gasteiger partial charge on any atom is 0.330 e. The van der Waals surface area contributed by atoms with Crippen molar-refractivity contribution in [3.63, 3.8) is 0 Å². The fraction of sp³-hybridized carbons (Fsp3) is 0.235. The number of allylic oxidation sites excluding steroid dienone is 1. The van der Waals surface area contributed by atoms with Crippen LogP contribution >= 0.6 is 0 Å². The molecule has 3 rings (SSSR count). The minimum absolute atomic E-state index is 0.0737. The highest BCUT2D eigenvalue weighted by Crippen LogP contribution is 2.43. The first-order valence-corrected chi connectivity index (χ1v) is 7.28. The van der Waals surface area contributed by atoms with E-state index in [1.54, 1.807) is 6.92 Å². The van der Waals surface area contributed by atoms with Crippen LogP contribution in [0.2, 0.25) is 0 Å². The normalized spacial score (nSPS) is 18.2. The molecule has 1 atom stereocenters. The number of rotatable bonds is 1. The topological polar surface area (TPSA) is 81.3 Å². The van der Waals surface area contributed by atoms with Crippen molar-refractivity contribution in [2.75, 3.05) is 0 Å². The first kappa shape index (κ1) is 15.9. The molecular formula is C17H15FN2O4. The van der Waals surface area contributed by atoms with Gasteiger partial charge < -0.3 is 9.67 Å². The SMILES string of the molecule is C[C@H]1/C(=C/c2cn(C)c(=O)n(C)c2=O)C(=O)c2c(O)ccc(F)c21. The number of Topliss-reactive ketones (excluding diaryl/α,β-unsaturated/α-hetero) is 1. The predicted molar refractivity (Wildman–Crippen MR) is 85.7 cm³/mol. The van der Waals surface area contributed by atoms with Gasteiger partial charge in [0, 0.05) is 37.3 Å². The van der Waals surface area contributed by atoms with Gasteiger partial charge in [-0.05, 0) is 18.2 Å². The summed E-state index contributed by atoms with van der Waals surface area (Å²) in [6.07, 6.45) is 2.69. The molecule has 0 fully saturated rings. The maximum absolute atomic E-state index is 14.1. The summed E-state index contributed by atoms with van der Waals surface area (Å²) in [7, 11) is 2.83. The summed E-state index contributed by atoms with van der Waals surface area (Å²) in [6.45, 7) is 1.63. The zero-order chi connectivity index (χ0) is 17.8. The zero-order valence-electron chi connectivity index (χ0n) is 13.3. The second-order valence-electron chi connectivity index (χ2n) is 5.85. The molecule has 0 radical (unpaired) electrons. The summed E-state index contributed by atoms with van der Waals surface area (Å²) in [5.41, 5.74) is -0.655. The Kier molecular flexibility index (Phi) is 3.51. The molecule has 7 heteroatoms. The largest absolute Gasteiger partial charge is 0.507 e. The maximum atomic E-state index is 14.1. The van der Waals surface area contributed by atoms with E-state index in [9.17, 15) is 23.9 Å². The molecular weight excluding hydrogens is 315 g/mol. The number of halogens is 1. The van der Waals surface area contributed by atoms with E-state index in [2.05, 4.69) is 0 Å². The molecule has 0 saturated carbocycles. The van der Waals surface area contributed by atoms with Crippen LogP contribution in [-0.2, 0) is 14.1 Å².